The van der Waals surface area contributed by atoms with E-state index in [9.17, 15) is 9.59 Å². The molecule has 2 aromatic heterocycles. The summed E-state index contributed by atoms with van der Waals surface area (Å²) in [7, 11) is 1.45. The summed E-state index contributed by atoms with van der Waals surface area (Å²) in [6.07, 6.45) is 1.50. The molecule has 2 amide bonds. The molecule has 140 valence electrons. The second-order valence-corrected chi connectivity index (χ2v) is 6.27. The molecule has 0 saturated carbocycles. The molecule has 8 nitrogen and oxygen atoms in total. The highest BCUT2D eigenvalue weighted by molar-refractivity contribution is 6.32. The molecule has 0 radical (unpaired) electrons. The predicted octanol–water partition coefficient (Wildman–Crippen LogP) is 3.06. The Kier molecular flexibility index (Phi) is 5.59. The van der Waals surface area contributed by atoms with Gasteiger partial charge in [-0.2, -0.15) is 10.4 Å². The van der Waals surface area contributed by atoms with Crippen molar-refractivity contribution in [1.82, 2.24) is 20.1 Å². The van der Waals surface area contributed by atoms with E-state index < -0.39 is 11.8 Å². The van der Waals surface area contributed by atoms with Crippen molar-refractivity contribution in [3.8, 4) is 11.9 Å². The van der Waals surface area contributed by atoms with Crippen LogP contribution in [0.3, 0.4) is 0 Å². The smallest absolute Gasteiger partial charge is 0.274 e. The highest BCUT2D eigenvalue weighted by atomic mass is 35.5. The number of hydrogen-bond donors (Lipinski definition) is 2. The van der Waals surface area contributed by atoms with Crippen LogP contribution in [0.1, 0.15) is 26.4 Å². The van der Waals surface area contributed by atoms with E-state index >= 15 is 0 Å². The Morgan fingerprint density at radius 2 is 1.96 bits per heavy atom. The molecule has 0 aliphatic heterocycles. The molecule has 0 atom stereocenters. The number of nitrogens with zero attached hydrogens (tertiary/aromatic N) is 4. The third-order valence-corrected chi connectivity index (χ3v) is 4.20. The maximum Gasteiger partial charge on any atom is 0.274 e. The fourth-order valence-electron chi connectivity index (χ4n) is 2.44. The van der Waals surface area contributed by atoms with E-state index in [-0.39, 0.29) is 38.5 Å². The molecule has 2 heterocycles. The van der Waals surface area contributed by atoms with Crippen molar-refractivity contribution in [2.45, 2.75) is 0 Å². The zero-order valence-corrected chi connectivity index (χ0v) is 15.9. The molecule has 0 aliphatic rings. The van der Waals surface area contributed by atoms with Gasteiger partial charge < -0.3 is 10.6 Å². The van der Waals surface area contributed by atoms with Gasteiger partial charge in [0.1, 0.15) is 5.69 Å². The largest absolute Gasteiger partial charge is 0.355 e. The van der Waals surface area contributed by atoms with Crippen molar-refractivity contribution < 1.29 is 9.59 Å². The lowest BCUT2D eigenvalue weighted by atomic mass is 10.1. The summed E-state index contributed by atoms with van der Waals surface area (Å²) >= 11 is 12.1. The Morgan fingerprint density at radius 1 is 1.18 bits per heavy atom. The van der Waals surface area contributed by atoms with Crippen molar-refractivity contribution >= 4 is 40.7 Å². The van der Waals surface area contributed by atoms with Crippen LogP contribution in [-0.2, 0) is 0 Å². The summed E-state index contributed by atoms with van der Waals surface area (Å²) < 4.78 is 1.21. The summed E-state index contributed by atoms with van der Waals surface area (Å²) in [5.41, 5.74) is 0.713. The zero-order valence-electron chi connectivity index (χ0n) is 14.4. The molecule has 0 spiro atoms. The minimum Gasteiger partial charge on any atom is -0.355 e. The van der Waals surface area contributed by atoms with Gasteiger partial charge in [-0.25, -0.2) is 9.67 Å². The number of amides is 2. The molecular formula is C18H12Cl2N6O2. The highest BCUT2D eigenvalue weighted by Gasteiger charge is 2.21. The van der Waals surface area contributed by atoms with Crippen LogP contribution in [0, 0.1) is 11.3 Å². The minimum absolute atomic E-state index is 0.0674. The van der Waals surface area contributed by atoms with E-state index in [1.807, 2.05) is 6.07 Å². The van der Waals surface area contributed by atoms with Gasteiger partial charge in [0.15, 0.2) is 11.0 Å². The first-order valence-corrected chi connectivity index (χ1v) is 8.64. The molecular weight excluding hydrogens is 403 g/mol. The number of carbonyl (C=O) groups is 2. The average molecular weight is 415 g/mol. The lowest BCUT2D eigenvalue weighted by Gasteiger charge is -2.12. The van der Waals surface area contributed by atoms with Gasteiger partial charge in [-0.05, 0) is 30.3 Å². The first-order valence-electron chi connectivity index (χ1n) is 7.88. The normalized spacial score (nSPS) is 10.2. The van der Waals surface area contributed by atoms with Crippen LogP contribution in [-0.4, -0.2) is 33.6 Å². The summed E-state index contributed by atoms with van der Waals surface area (Å²) in [5, 5.41) is 18.6. The van der Waals surface area contributed by atoms with Crippen LogP contribution in [0.15, 0.2) is 42.6 Å². The molecule has 2 N–H and O–H groups in total. The molecule has 0 fully saturated rings. The monoisotopic (exact) mass is 414 g/mol. The van der Waals surface area contributed by atoms with Crippen molar-refractivity contribution in [3.05, 3.63) is 69.6 Å². The van der Waals surface area contributed by atoms with Crippen LogP contribution < -0.4 is 10.6 Å². The fourth-order valence-corrected chi connectivity index (χ4v) is 2.82. The maximum atomic E-state index is 12.9. The lowest BCUT2D eigenvalue weighted by Crippen LogP contribution is -2.23. The SMILES string of the molecule is CNC(=O)c1cc(C#N)ccc1NC(=O)c1cc(Cl)nn1-c1ncccc1Cl. The van der Waals surface area contributed by atoms with E-state index in [1.165, 1.54) is 42.2 Å². The van der Waals surface area contributed by atoms with Crippen molar-refractivity contribution in [1.29, 1.82) is 5.26 Å². The highest BCUT2D eigenvalue weighted by Crippen LogP contribution is 2.23. The number of anilines is 1. The average Bonchev–Trinajstić information content (AvgIpc) is 3.09. The zero-order chi connectivity index (χ0) is 20.3. The molecule has 0 aliphatic carbocycles. The number of halogens is 2. The standard InChI is InChI=1S/C18H12Cl2N6O2/c1-22-17(27)11-7-10(9-21)4-5-13(11)24-18(28)14-8-15(20)25-26(14)16-12(19)3-2-6-23-16/h2-8H,1H3,(H,22,27)(H,24,28). The Labute approximate surface area is 169 Å². The predicted molar refractivity (Wildman–Crippen MR) is 104 cm³/mol. The Bertz CT molecular complexity index is 1120. The third-order valence-electron chi connectivity index (χ3n) is 3.72. The second-order valence-electron chi connectivity index (χ2n) is 5.48. The van der Waals surface area contributed by atoms with Crippen LogP contribution in [0.5, 0.6) is 0 Å². The number of nitriles is 1. The van der Waals surface area contributed by atoms with Crippen LogP contribution in [0.25, 0.3) is 5.82 Å². The maximum absolute atomic E-state index is 12.9. The first-order chi connectivity index (χ1) is 13.4. The summed E-state index contributed by atoms with van der Waals surface area (Å²) in [6.45, 7) is 0. The number of nitrogens with one attached hydrogen (secondary N) is 2. The third kappa shape index (κ3) is 3.81. The quantitative estimate of drug-likeness (QED) is 0.680. The molecule has 0 unspecified atom stereocenters. The number of aromatic nitrogens is 3. The molecule has 0 bridgehead atoms. The van der Waals surface area contributed by atoms with Crippen molar-refractivity contribution in [3.63, 3.8) is 0 Å². The molecule has 1 aromatic carbocycles. The van der Waals surface area contributed by atoms with Gasteiger partial charge in [-0.15, -0.1) is 0 Å². The van der Waals surface area contributed by atoms with Crippen LogP contribution >= 0.6 is 23.2 Å². The molecule has 3 rings (SSSR count). The summed E-state index contributed by atoms with van der Waals surface area (Å²) in [6, 6.07) is 10.9. The number of rotatable bonds is 4. The van der Waals surface area contributed by atoms with Gasteiger partial charge in [0.05, 0.1) is 27.9 Å². The van der Waals surface area contributed by atoms with Gasteiger partial charge in [0, 0.05) is 19.3 Å². The van der Waals surface area contributed by atoms with Gasteiger partial charge in [0.25, 0.3) is 11.8 Å². The number of carbonyl (C=O) groups excluding carboxylic acids is 2. The van der Waals surface area contributed by atoms with Gasteiger partial charge in [-0.3, -0.25) is 9.59 Å². The Balaban J connectivity index is 2.01. The minimum atomic E-state index is -0.587. The van der Waals surface area contributed by atoms with Crippen molar-refractivity contribution in [2.24, 2.45) is 0 Å². The molecule has 3 aromatic rings. The summed E-state index contributed by atoms with van der Waals surface area (Å²) in [4.78, 5) is 29.1. The number of benzene rings is 1. The number of pyridine rings is 1. The first kappa shape index (κ1) is 19.4. The lowest BCUT2D eigenvalue weighted by molar-refractivity contribution is 0.0964. The van der Waals surface area contributed by atoms with E-state index in [0.29, 0.717) is 0 Å². The van der Waals surface area contributed by atoms with Crippen LogP contribution in [0.2, 0.25) is 10.2 Å². The molecule has 0 saturated heterocycles. The summed E-state index contributed by atoms with van der Waals surface area (Å²) in [5.74, 6) is -0.810. The second kappa shape index (κ2) is 8.08. The molecule has 10 heteroatoms. The van der Waals surface area contributed by atoms with Gasteiger partial charge in [0.2, 0.25) is 0 Å². The van der Waals surface area contributed by atoms with Gasteiger partial charge >= 0.3 is 0 Å². The van der Waals surface area contributed by atoms with Crippen LogP contribution in [0.4, 0.5) is 5.69 Å². The topological polar surface area (TPSA) is 113 Å². The van der Waals surface area contributed by atoms with E-state index in [0.717, 1.165) is 0 Å². The fraction of sp³-hybridized carbons (Fsp3) is 0.0556. The number of hydrogen-bond acceptors (Lipinski definition) is 5. The molecule has 28 heavy (non-hydrogen) atoms. The van der Waals surface area contributed by atoms with E-state index in [2.05, 4.69) is 20.7 Å². The van der Waals surface area contributed by atoms with Crippen molar-refractivity contribution in [2.75, 3.05) is 12.4 Å². The van der Waals surface area contributed by atoms with E-state index in [4.69, 9.17) is 28.5 Å². The van der Waals surface area contributed by atoms with Gasteiger partial charge in [-0.1, -0.05) is 23.2 Å². The van der Waals surface area contributed by atoms with E-state index in [1.54, 1.807) is 12.1 Å². The Morgan fingerprint density at radius 3 is 2.64 bits per heavy atom. The Hall–Kier alpha value is -3.41.